The molecule has 0 N–H and O–H groups in total. The molecular weight excluding hydrogens is 376 g/mol. The second kappa shape index (κ2) is 5.17. The van der Waals surface area contributed by atoms with Crippen LogP contribution < -0.4 is 22.5 Å². The molecule has 0 amide bonds. The Bertz CT molecular complexity index is 1750. The van der Waals surface area contributed by atoms with Gasteiger partial charge in [-0.2, -0.15) is 0 Å². The van der Waals surface area contributed by atoms with Gasteiger partial charge in [-0.05, 0) is 35.0 Å². The fourth-order valence-corrected chi connectivity index (χ4v) is 3.88. The Hall–Kier alpha value is -4.26. The summed E-state index contributed by atoms with van der Waals surface area (Å²) in [5.41, 5.74) is -2.23. The molecule has 3 heterocycles. The zero-order valence-electron chi connectivity index (χ0n) is 14.5. The summed E-state index contributed by atoms with van der Waals surface area (Å²) in [4.78, 5) is 48.0. The Kier molecular flexibility index (Phi) is 2.81. The van der Waals surface area contributed by atoms with E-state index in [1.54, 1.807) is 12.1 Å². The van der Waals surface area contributed by atoms with E-state index in [4.69, 9.17) is 13.3 Å². The van der Waals surface area contributed by atoms with Crippen molar-refractivity contribution in [1.82, 2.24) is 0 Å². The third-order valence-electron chi connectivity index (χ3n) is 5.22. The predicted molar refractivity (Wildman–Crippen MR) is 107 cm³/mol. The van der Waals surface area contributed by atoms with Crippen molar-refractivity contribution in [2.24, 2.45) is 0 Å². The molecule has 0 saturated heterocycles. The van der Waals surface area contributed by atoms with E-state index in [9.17, 15) is 19.2 Å². The van der Waals surface area contributed by atoms with E-state index in [1.807, 2.05) is 24.3 Å². The Labute approximate surface area is 158 Å². The third-order valence-corrected chi connectivity index (χ3v) is 5.22. The monoisotopic (exact) mass is 384 g/mol. The average Bonchev–Trinajstić information content (AvgIpc) is 3.09. The molecule has 0 unspecified atom stereocenters. The van der Waals surface area contributed by atoms with Crippen molar-refractivity contribution in [2.45, 2.75) is 0 Å². The van der Waals surface area contributed by atoms with Crippen LogP contribution in [-0.2, 0) is 0 Å². The first-order chi connectivity index (χ1) is 14.0. The summed E-state index contributed by atoms with van der Waals surface area (Å²) in [6, 6.07) is 13.4. The van der Waals surface area contributed by atoms with Crippen LogP contribution >= 0.6 is 0 Å². The molecule has 7 nitrogen and oxygen atoms in total. The maximum Gasteiger partial charge on any atom is 0.347 e. The van der Waals surface area contributed by atoms with Crippen molar-refractivity contribution in [3.8, 4) is 0 Å². The molecule has 0 saturated carbocycles. The molecule has 29 heavy (non-hydrogen) atoms. The number of furan rings is 2. The SMILES string of the molecule is O=c1oc(=O)c2cc3c(cc12)oc1cc2c(=O)oc(=O)c2cc1c1ccccc31. The molecule has 138 valence electrons. The average molecular weight is 384 g/mol. The van der Waals surface area contributed by atoms with E-state index in [-0.39, 0.29) is 21.5 Å². The highest BCUT2D eigenvalue weighted by molar-refractivity contribution is 6.17. The van der Waals surface area contributed by atoms with Crippen LogP contribution in [0.2, 0.25) is 0 Å². The summed E-state index contributed by atoms with van der Waals surface area (Å²) < 4.78 is 15.5. The smallest absolute Gasteiger partial charge is 0.347 e. The van der Waals surface area contributed by atoms with E-state index >= 15 is 0 Å². The maximum absolute atomic E-state index is 12.0. The van der Waals surface area contributed by atoms with Gasteiger partial charge in [-0.15, -0.1) is 0 Å². The Morgan fingerprint density at radius 3 is 1.21 bits per heavy atom. The zero-order chi connectivity index (χ0) is 19.9. The fourth-order valence-electron chi connectivity index (χ4n) is 3.88. The quantitative estimate of drug-likeness (QED) is 0.396. The van der Waals surface area contributed by atoms with Gasteiger partial charge in [0.1, 0.15) is 11.2 Å². The number of hydrogen-bond acceptors (Lipinski definition) is 7. The molecule has 0 aliphatic carbocycles. The van der Waals surface area contributed by atoms with Crippen LogP contribution in [0.1, 0.15) is 0 Å². The Morgan fingerprint density at radius 1 is 0.414 bits per heavy atom. The van der Waals surface area contributed by atoms with Crippen LogP contribution in [0.4, 0.5) is 0 Å². The lowest BCUT2D eigenvalue weighted by atomic mass is 10.0. The predicted octanol–water partition coefficient (Wildman–Crippen LogP) is 3.11. The molecule has 3 aromatic carbocycles. The third kappa shape index (κ3) is 2.01. The summed E-state index contributed by atoms with van der Waals surface area (Å²) in [5, 5.41) is 3.24. The number of fused-ring (bicyclic) bond motifs is 7. The minimum Gasteiger partial charge on any atom is -0.456 e. The lowest BCUT2D eigenvalue weighted by Crippen LogP contribution is -1.94. The van der Waals surface area contributed by atoms with Gasteiger partial charge in [0.05, 0.1) is 21.5 Å². The number of hydrogen-bond donors (Lipinski definition) is 0. The molecule has 0 aliphatic heterocycles. The summed E-state index contributed by atoms with van der Waals surface area (Å²) in [6.45, 7) is 0. The molecule has 0 atom stereocenters. The standard InChI is InChI=1S/C22H8O7/c23-19-13-5-11-9-3-1-2-4-10(9)12-6-14-16(22(26)29-20(14)24)8-18(12)27-17(11)7-15(13)21(25)28-19/h1-8H. The van der Waals surface area contributed by atoms with Gasteiger partial charge in [-0.25, -0.2) is 19.2 Å². The van der Waals surface area contributed by atoms with Crippen molar-refractivity contribution in [3.05, 3.63) is 90.2 Å². The summed E-state index contributed by atoms with van der Waals surface area (Å²) >= 11 is 0. The first-order valence-corrected chi connectivity index (χ1v) is 8.68. The molecule has 3 aromatic heterocycles. The maximum atomic E-state index is 12.0. The van der Waals surface area contributed by atoms with Crippen LogP contribution in [0.15, 0.2) is 81.0 Å². The summed E-state index contributed by atoms with van der Waals surface area (Å²) in [6.07, 6.45) is 0. The highest BCUT2D eigenvalue weighted by Crippen LogP contribution is 2.33. The fraction of sp³-hybridized carbons (Fsp3) is 0. The number of benzene rings is 3. The van der Waals surface area contributed by atoms with Crippen molar-refractivity contribution >= 4 is 54.3 Å². The molecule has 0 radical (unpaired) electrons. The molecule has 0 fully saturated rings. The minimum absolute atomic E-state index is 0.116. The molecular formula is C22H8O7. The van der Waals surface area contributed by atoms with Crippen LogP contribution in [-0.4, -0.2) is 0 Å². The van der Waals surface area contributed by atoms with Crippen LogP contribution in [0.3, 0.4) is 0 Å². The van der Waals surface area contributed by atoms with Gasteiger partial charge in [0.15, 0.2) is 0 Å². The highest BCUT2D eigenvalue weighted by atomic mass is 16.4. The number of rotatable bonds is 0. The van der Waals surface area contributed by atoms with Gasteiger partial charge in [-0.1, -0.05) is 24.3 Å². The van der Waals surface area contributed by atoms with Crippen molar-refractivity contribution in [2.75, 3.05) is 0 Å². The van der Waals surface area contributed by atoms with E-state index < -0.39 is 22.5 Å². The Morgan fingerprint density at radius 2 is 0.793 bits per heavy atom. The van der Waals surface area contributed by atoms with Gasteiger partial charge < -0.3 is 13.3 Å². The lowest BCUT2D eigenvalue weighted by Gasteiger charge is -1.97. The van der Waals surface area contributed by atoms with Crippen molar-refractivity contribution < 1.29 is 13.3 Å². The lowest BCUT2D eigenvalue weighted by molar-refractivity contribution is 0.499. The van der Waals surface area contributed by atoms with E-state index in [0.717, 1.165) is 10.8 Å². The van der Waals surface area contributed by atoms with E-state index in [0.29, 0.717) is 21.9 Å². The van der Waals surface area contributed by atoms with E-state index in [2.05, 4.69) is 0 Å². The van der Waals surface area contributed by atoms with Gasteiger partial charge >= 0.3 is 22.5 Å². The van der Waals surface area contributed by atoms with E-state index in [1.165, 1.54) is 12.1 Å². The van der Waals surface area contributed by atoms with Gasteiger partial charge in [0.25, 0.3) is 0 Å². The molecule has 0 aliphatic rings. The van der Waals surface area contributed by atoms with Crippen LogP contribution in [0, 0.1) is 0 Å². The molecule has 0 bridgehead atoms. The summed E-state index contributed by atoms with van der Waals surface area (Å²) in [7, 11) is 0. The topological polar surface area (TPSA) is 108 Å². The molecule has 6 rings (SSSR count). The summed E-state index contributed by atoms with van der Waals surface area (Å²) in [5.74, 6) is 0. The molecule has 0 spiro atoms. The molecule has 6 aromatic rings. The van der Waals surface area contributed by atoms with Crippen molar-refractivity contribution in [1.29, 1.82) is 0 Å². The molecule has 7 heteroatoms. The van der Waals surface area contributed by atoms with Gasteiger partial charge in [-0.3, -0.25) is 0 Å². The second-order valence-corrected chi connectivity index (χ2v) is 6.79. The van der Waals surface area contributed by atoms with Crippen LogP contribution in [0.5, 0.6) is 0 Å². The van der Waals surface area contributed by atoms with Crippen molar-refractivity contribution in [3.63, 3.8) is 0 Å². The normalized spacial score (nSPS) is 12.0. The highest BCUT2D eigenvalue weighted by Gasteiger charge is 2.16. The zero-order valence-corrected chi connectivity index (χ0v) is 14.5. The van der Waals surface area contributed by atoms with Gasteiger partial charge in [0, 0.05) is 10.8 Å². The first kappa shape index (κ1) is 15.8. The Balaban J connectivity index is 2.00. The van der Waals surface area contributed by atoms with Crippen LogP contribution in [0.25, 0.3) is 54.3 Å². The minimum atomic E-state index is -0.739. The van der Waals surface area contributed by atoms with Gasteiger partial charge in [0.2, 0.25) is 0 Å². The first-order valence-electron chi connectivity index (χ1n) is 8.68. The largest absolute Gasteiger partial charge is 0.456 e. The second-order valence-electron chi connectivity index (χ2n) is 6.79.